The van der Waals surface area contributed by atoms with Crippen molar-refractivity contribution in [1.29, 1.82) is 0 Å². The summed E-state index contributed by atoms with van der Waals surface area (Å²) in [6.45, 7) is 2.92. The van der Waals surface area contributed by atoms with E-state index in [0.717, 1.165) is 18.8 Å². The van der Waals surface area contributed by atoms with Crippen molar-refractivity contribution in [2.45, 2.75) is 6.04 Å². The fourth-order valence-corrected chi connectivity index (χ4v) is 2.60. The van der Waals surface area contributed by atoms with Gasteiger partial charge in [0.05, 0.1) is 19.3 Å². The van der Waals surface area contributed by atoms with Crippen LogP contribution in [-0.4, -0.2) is 69.8 Å². The fourth-order valence-electron chi connectivity index (χ4n) is 2.60. The third-order valence-corrected chi connectivity index (χ3v) is 3.91. The lowest BCUT2D eigenvalue weighted by Crippen LogP contribution is -2.54. The molecule has 0 saturated carbocycles. The number of esters is 1. The van der Waals surface area contributed by atoms with Gasteiger partial charge in [0.25, 0.3) is 0 Å². The van der Waals surface area contributed by atoms with Crippen LogP contribution in [-0.2, 0) is 14.3 Å². The third-order valence-electron chi connectivity index (χ3n) is 3.91. The molecule has 0 unspecified atom stereocenters. The van der Waals surface area contributed by atoms with Gasteiger partial charge < -0.3 is 25.0 Å². The minimum atomic E-state index is -0.606. The molecule has 7 nitrogen and oxygen atoms in total. The summed E-state index contributed by atoms with van der Waals surface area (Å²) in [6, 6.07) is 6.66. The molecule has 0 aromatic heterocycles. The van der Waals surface area contributed by atoms with Crippen LogP contribution in [0.15, 0.2) is 24.3 Å². The Labute approximate surface area is 135 Å². The number of hydrogen-bond acceptors (Lipinski definition) is 6. The standard InChI is InChI=1S/C16H23N3O4/c1-22-11-14(17)15(20)19-9-7-18(8-10-19)13-5-3-12(4-6-13)16(21)23-2/h3-6,14H,7-11,17H2,1-2H3/t14-/m1/s1. The van der Waals surface area contributed by atoms with Gasteiger partial charge in [0.15, 0.2) is 0 Å². The van der Waals surface area contributed by atoms with E-state index in [9.17, 15) is 9.59 Å². The Morgan fingerprint density at radius 2 is 1.74 bits per heavy atom. The maximum absolute atomic E-state index is 12.1. The van der Waals surface area contributed by atoms with Gasteiger partial charge in [-0.1, -0.05) is 0 Å². The lowest BCUT2D eigenvalue weighted by Gasteiger charge is -2.37. The summed E-state index contributed by atoms with van der Waals surface area (Å²) in [5.41, 5.74) is 7.33. The molecular formula is C16H23N3O4. The van der Waals surface area contributed by atoms with Crippen LogP contribution in [0.25, 0.3) is 0 Å². The van der Waals surface area contributed by atoms with Crippen molar-refractivity contribution in [3.8, 4) is 0 Å². The molecular weight excluding hydrogens is 298 g/mol. The second kappa shape index (κ2) is 7.94. The zero-order valence-corrected chi connectivity index (χ0v) is 13.5. The Kier molecular flexibility index (Phi) is 5.95. The lowest BCUT2D eigenvalue weighted by molar-refractivity contribution is -0.134. The molecule has 1 heterocycles. The van der Waals surface area contributed by atoms with Gasteiger partial charge in [-0.3, -0.25) is 4.79 Å². The number of nitrogens with two attached hydrogens (primary N) is 1. The van der Waals surface area contributed by atoms with Crippen LogP contribution >= 0.6 is 0 Å². The number of benzene rings is 1. The number of carbonyl (C=O) groups is 2. The SMILES string of the molecule is COC[C@@H](N)C(=O)N1CCN(c2ccc(C(=O)OC)cc2)CC1. The van der Waals surface area contributed by atoms with Crippen molar-refractivity contribution in [1.82, 2.24) is 4.90 Å². The van der Waals surface area contributed by atoms with Crippen LogP contribution in [0.4, 0.5) is 5.69 Å². The smallest absolute Gasteiger partial charge is 0.337 e. The minimum absolute atomic E-state index is 0.0764. The van der Waals surface area contributed by atoms with Gasteiger partial charge in [0, 0.05) is 39.0 Å². The highest BCUT2D eigenvalue weighted by atomic mass is 16.5. The quantitative estimate of drug-likeness (QED) is 0.774. The maximum atomic E-state index is 12.1. The average Bonchev–Trinajstić information content (AvgIpc) is 2.61. The van der Waals surface area contributed by atoms with E-state index in [1.54, 1.807) is 17.0 Å². The summed E-state index contributed by atoms with van der Waals surface area (Å²) >= 11 is 0. The summed E-state index contributed by atoms with van der Waals surface area (Å²) in [7, 11) is 2.89. The molecule has 1 saturated heterocycles. The van der Waals surface area contributed by atoms with Gasteiger partial charge in [-0.2, -0.15) is 0 Å². The van der Waals surface area contributed by atoms with Crippen LogP contribution < -0.4 is 10.6 Å². The number of anilines is 1. The summed E-state index contributed by atoms with van der Waals surface area (Å²) in [4.78, 5) is 27.5. The van der Waals surface area contributed by atoms with Crippen molar-refractivity contribution in [3.05, 3.63) is 29.8 Å². The number of methoxy groups -OCH3 is 2. The second-order valence-electron chi connectivity index (χ2n) is 5.41. The second-order valence-corrected chi connectivity index (χ2v) is 5.41. The molecule has 23 heavy (non-hydrogen) atoms. The molecule has 0 spiro atoms. The number of rotatable bonds is 5. The van der Waals surface area contributed by atoms with Crippen molar-refractivity contribution in [3.63, 3.8) is 0 Å². The van der Waals surface area contributed by atoms with Crippen LogP contribution in [0.3, 0.4) is 0 Å². The molecule has 1 aliphatic rings. The topological polar surface area (TPSA) is 85.1 Å². The molecule has 0 aliphatic carbocycles. The van der Waals surface area contributed by atoms with Crippen molar-refractivity contribution in [2.75, 3.05) is 51.9 Å². The number of nitrogens with zero attached hydrogens (tertiary/aromatic N) is 2. The van der Waals surface area contributed by atoms with E-state index in [-0.39, 0.29) is 18.5 Å². The predicted octanol–water partition coefficient (Wildman–Crippen LogP) is 0.0955. The first-order chi connectivity index (χ1) is 11.1. The van der Waals surface area contributed by atoms with Crippen molar-refractivity contribution >= 4 is 17.6 Å². The highest BCUT2D eigenvalue weighted by Gasteiger charge is 2.25. The first-order valence-corrected chi connectivity index (χ1v) is 7.53. The zero-order valence-electron chi connectivity index (χ0n) is 13.5. The van der Waals surface area contributed by atoms with E-state index in [4.69, 9.17) is 10.5 Å². The Balaban J connectivity index is 1.91. The molecule has 1 amide bonds. The van der Waals surface area contributed by atoms with Gasteiger partial charge in [0.2, 0.25) is 5.91 Å². The first kappa shape index (κ1) is 17.2. The number of hydrogen-bond donors (Lipinski definition) is 1. The Bertz CT molecular complexity index is 539. The Morgan fingerprint density at radius 3 is 2.26 bits per heavy atom. The van der Waals surface area contributed by atoms with E-state index in [1.807, 2.05) is 12.1 Å². The van der Waals surface area contributed by atoms with E-state index in [1.165, 1.54) is 14.2 Å². The summed E-state index contributed by atoms with van der Waals surface area (Å²) in [5.74, 6) is -0.424. The zero-order chi connectivity index (χ0) is 16.8. The van der Waals surface area contributed by atoms with E-state index >= 15 is 0 Å². The van der Waals surface area contributed by atoms with Gasteiger partial charge in [-0.15, -0.1) is 0 Å². The summed E-state index contributed by atoms with van der Waals surface area (Å²) in [5, 5.41) is 0. The van der Waals surface area contributed by atoms with Crippen LogP contribution in [0, 0.1) is 0 Å². The van der Waals surface area contributed by atoms with Gasteiger partial charge >= 0.3 is 5.97 Å². The molecule has 0 bridgehead atoms. The third kappa shape index (κ3) is 4.20. The number of carbonyl (C=O) groups excluding carboxylic acids is 2. The molecule has 2 rings (SSSR count). The normalized spacial score (nSPS) is 16.1. The lowest BCUT2D eigenvalue weighted by atomic mass is 10.1. The average molecular weight is 321 g/mol. The minimum Gasteiger partial charge on any atom is -0.465 e. The molecule has 1 aromatic rings. The highest BCUT2D eigenvalue weighted by Crippen LogP contribution is 2.18. The van der Waals surface area contributed by atoms with Crippen LogP contribution in [0.1, 0.15) is 10.4 Å². The maximum Gasteiger partial charge on any atom is 0.337 e. The van der Waals surface area contributed by atoms with Gasteiger partial charge in [-0.05, 0) is 24.3 Å². The highest BCUT2D eigenvalue weighted by molar-refractivity contribution is 5.89. The predicted molar refractivity (Wildman–Crippen MR) is 86.4 cm³/mol. The van der Waals surface area contributed by atoms with Gasteiger partial charge in [0.1, 0.15) is 6.04 Å². The molecule has 1 aromatic carbocycles. The van der Waals surface area contributed by atoms with Crippen molar-refractivity contribution in [2.24, 2.45) is 5.73 Å². The molecule has 2 N–H and O–H groups in total. The fraction of sp³-hybridized carbons (Fsp3) is 0.500. The molecule has 1 fully saturated rings. The first-order valence-electron chi connectivity index (χ1n) is 7.53. The monoisotopic (exact) mass is 321 g/mol. The summed E-state index contributed by atoms with van der Waals surface area (Å²) in [6.07, 6.45) is 0. The molecule has 126 valence electrons. The Morgan fingerprint density at radius 1 is 1.13 bits per heavy atom. The summed E-state index contributed by atoms with van der Waals surface area (Å²) < 4.78 is 9.61. The van der Waals surface area contributed by atoms with Crippen molar-refractivity contribution < 1.29 is 19.1 Å². The molecule has 0 radical (unpaired) electrons. The van der Waals surface area contributed by atoms with E-state index in [2.05, 4.69) is 9.64 Å². The molecule has 1 atom stereocenters. The van der Waals surface area contributed by atoms with E-state index in [0.29, 0.717) is 18.7 Å². The Hall–Kier alpha value is -2.12. The van der Waals surface area contributed by atoms with Crippen LogP contribution in [0.2, 0.25) is 0 Å². The number of ether oxygens (including phenoxy) is 2. The molecule has 1 aliphatic heterocycles. The number of amides is 1. The van der Waals surface area contributed by atoms with Gasteiger partial charge in [-0.25, -0.2) is 4.79 Å². The molecule has 7 heteroatoms. The van der Waals surface area contributed by atoms with E-state index < -0.39 is 6.04 Å². The van der Waals surface area contributed by atoms with Crippen LogP contribution in [0.5, 0.6) is 0 Å². The number of piperazine rings is 1. The largest absolute Gasteiger partial charge is 0.465 e.